The lowest BCUT2D eigenvalue weighted by Crippen LogP contribution is -2.26. The minimum absolute atomic E-state index is 0.678. The Kier molecular flexibility index (Phi) is 6.22. The van der Waals surface area contributed by atoms with E-state index in [0.717, 1.165) is 44.3 Å². The molecule has 0 aromatic carbocycles. The molecule has 1 aliphatic carbocycles. The third kappa shape index (κ3) is 6.29. The van der Waals surface area contributed by atoms with Crippen molar-refractivity contribution in [2.75, 3.05) is 19.6 Å². The standard InChI is InChI=1S/C18H27N3/c1-4-9-21(13-16-5-6-16)14-18-8-7-17(12-20-18)11-19-10-15(2)3/h1,7-8,12,15-16,19H,5-6,9-11,13-14H2,2-3H3. The van der Waals surface area contributed by atoms with Crippen molar-refractivity contribution in [2.24, 2.45) is 11.8 Å². The van der Waals surface area contributed by atoms with Crippen molar-refractivity contribution >= 4 is 0 Å². The van der Waals surface area contributed by atoms with E-state index in [1.165, 1.54) is 18.4 Å². The van der Waals surface area contributed by atoms with Gasteiger partial charge in [0.15, 0.2) is 0 Å². The van der Waals surface area contributed by atoms with E-state index in [1.807, 2.05) is 6.20 Å². The maximum atomic E-state index is 5.46. The number of aromatic nitrogens is 1. The molecule has 0 radical (unpaired) electrons. The molecule has 3 heteroatoms. The Morgan fingerprint density at radius 3 is 2.81 bits per heavy atom. The second-order valence-corrected chi connectivity index (χ2v) is 6.50. The summed E-state index contributed by atoms with van der Waals surface area (Å²) in [6.45, 7) is 9.06. The van der Waals surface area contributed by atoms with Crippen LogP contribution in [0.15, 0.2) is 18.3 Å². The highest BCUT2D eigenvalue weighted by atomic mass is 15.1. The predicted octanol–water partition coefficient (Wildman–Crippen LogP) is 2.67. The monoisotopic (exact) mass is 285 g/mol. The van der Waals surface area contributed by atoms with Gasteiger partial charge in [0.05, 0.1) is 12.2 Å². The van der Waals surface area contributed by atoms with Crippen molar-refractivity contribution < 1.29 is 0 Å². The summed E-state index contributed by atoms with van der Waals surface area (Å²) in [4.78, 5) is 6.91. The Labute approximate surface area is 129 Å². The second-order valence-electron chi connectivity index (χ2n) is 6.50. The lowest BCUT2D eigenvalue weighted by molar-refractivity contribution is 0.283. The average Bonchev–Trinajstić information content (AvgIpc) is 3.24. The van der Waals surface area contributed by atoms with Crippen LogP contribution in [0, 0.1) is 24.2 Å². The maximum Gasteiger partial charge on any atom is 0.0602 e. The van der Waals surface area contributed by atoms with Gasteiger partial charge in [-0.05, 0) is 42.9 Å². The highest BCUT2D eigenvalue weighted by molar-refractivity contribution is 5.14. The summed E-state index contributed by atoms with van der Waals surface area (Å²) in [5.74, 6) is 4.30. The molecule has 1 aliphatic rings. The SMILES string of the molecule is C#CCN(Cc1ccc(CNCC(C)C)cn1)CC1CC1. The summed E-state index contributed by atoms with van der Waals surface area (Å²) in [5.41, 5.74) is 2.35. The Bertz CT molecular complexity index is 454. The quantitative estimate of drug-likeness (QED) is 0.707. The molecule has 1 fully saturated rings. The smallest absolute Gasteiger partial charge is 0.0602 e. The molecular formula is C18H27N3. The molecule has 0 aliphatic heterocycles. The van der Waals surface area contributed by atoms with Gasteiger partial charge in [0, 0.05) is 25.8 Å². The van der Waals surface area contributed by atoms with E-state index >= 15 is 0 Å². The molecular weight excluding hydrogens is 258 g/mol. The molecule has 2 rings (SSSR count). The van der Waals surface area contributed by atoms with Crippen LogP contribution in [0.25, 0.3) is 0 Å². The molecule has 0 amide bonds. The summed E-state index contributed by atoms with van der Waals surface area (Å²) >= 11 is 0. The Morgan fingerprint density at radius 2 is 2.24 bits per heavy atom. The molecule has 0 saturated heterocycles. The van der Waals surface area contributed by atoms with E-state index in [0.29, 0.717) is 5.92 Å². The summed E-state index contributed by atoms with van der Waals surface area (Å²) in [7, 11) is 0. The van der Waals surface area contributed by atoms with Crippen LogP contribution in [-0.4, -0.2) is 29.5 Å². The number of pyridine rings is 1. The number of hydrogen-bond donors (Lipinski definition) is 1. The zero-order valence-corrected chi connectivity index (χ0v) is 13.3. The van der Waals surface area contributed by atoms with Gasteiger partial charge in [-0.2, -0.15) is 0 Å². The van der Waals surface area contributed by atoms with E-state index < -0.39 is 0 Å². The van der Waals surface area contributed by atoms with Gasteiger partial charge in [0.1, 0.15) is 0 Å². The third-order valence-corrected chi connectivity index (χ3v) is 3.68. The largest absolute Gasteiger partial charge is 0.312 e. The topological polar surface area (TPSA) is 28.2 Å². The number of terminal acetylenes is 1. The van der Waals surface area contributed by atoms with Gasteiger partial charge in [-0.1, -0.05) is 25.8 Å². The van der Waals surface area contributed by atoms with Gasteiger partial charge < -0.3 is 5.32 Å². The van der Waals surface area contributed by atoms with Crippen molar-refractivity contribution in [3.8, 4) is 12.3 Å². The molecule has 3 nitrogen and oxygen atoms in total. The van der Waals surface area contributed by atoms with Crippen molar-refractivity contribution in [1.82, 2.24) is 15.2 Å². The van der Waals surface area contributed by atoms with Crippen molar-refractivity contribution in [2.45, 2.75) is 39.8 Å². The van der Waals surface area contributed by atoms with E-state index in [9.17, 15) is 0 Å². The summed E-state index contributed by atoms with van der Waals surface area (Å²) in [5, 5.41) is 3.44. The Hall–Kier alpha value is -1.37. The van der Waals surface area contributed by atoms with Crippen LogP contribution < -0.4 is 5.32 Å². The molecule has 21 heavy (non-hydrogen) atoms. The van der Waals surface area contributed by atoms with E-state index in [4.69, 9.17) is 6.42 Å². The first-order valence-electron chi connectivity index (χ1n) is 7.97. The highest BCUT2D eigenvalue weighted by Gasteiger charge is 2.24. The molecule has 1 aromatic heterocycles. The maximum absolute atomic E-state index is 5.46. The van der Waals surface area contributed by atoms with Crippen LogP contribution in [0.1, 0.15) is 37.9 Å². The van der Waals surface area contributed by atoms with Crippen LogP contribution in [0.4, 0.5) is 0 Å². The van der Waals surface area contributed by atoms with Gasteiger partial charge in [-0.3, -0.25) is 9.88 Å². The fourth-order valence-electron chi connectivity index (χ4n) is 2.37. The summed E-state index contributed by atoms with van der Waals surface area (Å²) < 4.78 is 0. The zero-order chi connectivity index (χ0) is 15.1. The van der Waals surface area contributed by atoms with Gasteiger partial charge >= 0.3 is 0 Å². The predicted molar refractivity (Wildman–Crippen MR) is 87.6 cm³/mol. The van der Waals surface area contributed by atoms with Gasteiger partial charge in [0.2, 0.25) is 0 Å². The zero-order valence-electron chi connectivity index (χ0n) is 13.3. The van der Waals surface area contributed by atoms with Crippen LogP contribution in [-0.2, 0) is 13.1 Å². The molecule has 0 atom stereocenters. The van der Waals surface area contributed by atoms with Crippen LogP contribution in [0.5, 0.6) is 0 Å². The number of rotatable bonds is 9. The third-order valence-electron chi connectivity index (χ3n) is 3.68. The van der Waals surface area contributed by atoms with E-state index in [2.05, 4.69) is 47.1 Å². The first-order chi connectivity index (χ1) is 10.2. The minimum Gasteiger partial charge on any atom is -0.312 e. The first-order valence-corrected chi connectivity index (χ1v) is 7.97. The summed E-state index contributed by atoms with van der Waals surface area (Å²) in [6.07, 6.45) is 10.2. The number of nitrogens with zero attached hydrogens (tertiary/aromatic N) is 2. The molecule has 1 aromatic rings. The first kappa shape index (κ1) is 16.0. The van der Waals surface area contributed by atoms with Gasteiger partial charge in [0.25, 0.3) is 0 Å². The van der Waals surface area contributed by atoms with Gasteiger partial charge in [-0.15, -0.1) is 6.42 Å². The fraction of sp³-hybridized carbons (Fsp3) is 0.611. The highest BCUT2D eigenvalue weighted by Crippen LogP contribution is 2.29. The fourth-order valence-corrected chi connectivity index (χ4v) is 2.37. The summed E-state index contributed by atoms with van der Waals surface area (Å²) in [6, 6.07) is 4.30. The van der Waals surface area contributed by atoms with Crippen LogP contribution >= 0.6 is 0 Å². The molecule has 1 heterocycles. The molecule has 1 N–H and O–H groups in total. The second kappa shape index (κ2) is 8.17. The van der Waals surface area contributed by atoms with Crippen LogP contribution in [0.3, 0.4) is 0 Å². The minimum atomic E-state index is 0.678. The van der Waals surface area contributed by atoms with E-state index in [-0.39, 0.29) is 0 Å². The molecule has 1 saturated carbocycles. The van der Waals surface area contributed by atoms with Crippen molar-refractivity contribution in [1.29, 1.82) is 0 Å². The lowest BCUT2D eigenvalue weighted by atomic mass is 10.2. The number of nitrogens with one attached hydrogen (secondary N) is 1. The Balaban J connectivity index is 1.81. The van der Waals surface area contributed by atoms with Gasteiger partial charge in [-0.25, -0.2) is 0 Å². The molecule has 0 unspecified atom stereocenters. The molecule has 0 spiro atoms. The number of hydrogen-bond acceptors (Lipinski definition) is 3. The molecule has 114 valence electrons. The normalized spacial score (nSPS) is 14.6. The van der Waals surface area contributed by atoms with Crippen LogP contribution in [0.2, 0.25) is 0 Å². The van der Waals surface area contributed by atoms with E-state index in [1.54, 1.807) is 0 Å². The Morgan fingerprint density at radius 1 is 1.43 bits per heavy atom. The lowest BCUT2D eigenvalue weighted by Gasteiger charge is -2.19. The average molecular weight is 285 g/mol. The molecule has 0 bridgehead atoms. The van der Waals surface area contributed by atoms with Crippen molar-refractivity contribution in [3.05, 3.63) is 29.6 Å². The van der Waals surface area contributed by atoms with Crippen molar-refractivity contribution in [3.63, 3.8) is 0 Å².